The number of rotatable bonds is 4. The van der Waals surface area contributed by atoms with E-state index in [1.54, 1.807) is 18.2 Å². The number of nitrogens with zero attached hydrogens (tertiary/aromatic N) is 2. The van der Waals surface area contributed by atoms with Gasteiger partial charge in [-0.25, -0.2) is 9.97 Å². The van der Waals surface area contributed by atoms with Gasteiger partial charge in [-0.15, -0.1) is 0 Å². The van der Waals surface area contributed by atoms with Crippen LogP contribution >= 0.6 is 11.6 Å². The van der Waals surface area contributed by atoms with Crippen LogP contribution in [-0.2, 0) is 0 Å². The maximum atomic E-state index is 12.3. The van der Waals surface area contributed by atoms with Crippen LogP contribution < -0.4 is 10.6 Å². The molecule has 3 rings (SSSR count). The van der Waals surface area contributed by atoms with Crippen LogP contribution in [0, 0.1) is 0 Å². The predicted molar refractivity (Wildman–Crippen MR) is 87.3 cm³/mol. The van der Waals surface area contributed by atoms with Gasteiger partial charge in [0.25, 0.3) is 5.91 Å². The lowest BCUT2D eigenvalue weighted by Crippen LogP contribution is -2.18. The largest absolute Gasteiger partial charge is 0.367 e. The van der Waals surface area contributed by atoms with E-state index in [-0.39, 0.29) is 5.91 Å². The Labute approximate surface area is 134 Å². The summed E-state index contributed by atoms with van der Waals surface area (Å²) < 4.78 is 0. The molecule has 0 atom stereocenters. The Kier molecular flexibility index (Phi) is 4.53. The summed E-state index contributed by atoms with van der Waals surface area (Å²) in [6.45, 7) is 0. The molecule has 0 radical (unpaired) electrons. The lowest BCUT2D eigenvalue weighted by Gasteiger charge is -2.13. The third-order valence-electron chi connectivity index (χ3n) is 3.73. The SMILES string of the molecule is O=C(Nc1ccccc1Cl)c1cc(NC2CCCC2)ncn1. The highest BCUT2D eigenvalue weighted by molar-refractivity contribution is 6.33. The first-order valence-electron chi connectivity index (χ1n) is 7.37. The van der Waals surface area contributed by atoms with Crippen molar-refractivity contribution in [3.8, 4) is 0 Å². The average molecular weight is 317 g/mol. The molecule has 0 spiro atoms. The Morgan fingerprint density at radius 3 is 2.73 bits per heavy atom. The van der Waals surface area contributed by atoms with Crippen molar-refractivity contribution in [3.63, 3.8) is 0 Å². The third-order valence-corrected chi connectivity index (χ3v) is 4.06. The molecular weight excluding hydrogens is 300 g/mol. The molecule has 0 bridgehead atoms. The molecule has 0 aliphatic heterocycles. The van der Waals surface area contributed by atoms with E-state index in [4.69, 9.17) is 11.6 Å². The van der Waals surface area contributed by atoms with Crippen LogP contribution in [0.25, 0.3) is 0 Å². The lowest BCUT2D eigenvalue weighted by molar-refractivity contribution is 0.102. The number of aromatic nitrogens is 2. The number of hydrogen-bond donors (Lipinski definition) is 2. The van der Waals surface area contributed by atoms with Crippen LogP contribution in [0.3, 0.4) is 0 Å². The van der Waals surface area contributed by atoms with Gasteiger partial charge >= 0.3 is 0 Å². The summed E-state index contributed by atoms with van der Waals surface area (Å²) in [5, 5.41) is 6.61. The van der Waals surface area contributed by atoms with Gasteiger partial charge < -0.3 is 10.6 Å². The van der Waals surface area contributed by atoms with Crippen molar-refractivity contribution in [2.75, 3.05) is 10.6 Å². The Balaban J connectivity index is 1.71. The van der Waals surface area contributed by atoms with Gasteiger partial charge in [0.2, 0.25) is 0 Å². The van der Waals surface area contributed by atoms with Gasteiger partial charge in [0.1, 0.15) is 17.8 Å². The van der Waals surface area contributed by atoms with Gasteiger partial charge in [-0.1, -0.05) is 36.6 Å². The minimum absolute atomic E-state index is 0.301. The van der Waals surface area contributed by atoms with Crippen molar-refractivity contribution in [2.45, 2.75) is 31.7 Å². The van der Waals surface area contributed by atoms with Crippen molar-refractivity contribution in [1.82, 2.24) is 9.97 Å². The molecular formula is C16H17ClN4O. The number of amides is 1. The minimum atomic E-state index is -0.301. The number of halogens is 1. The average Bonchev–Trinajstić information content (AvgIpc) is 3.03. The smallest absolute Gasteiger partial charge is 0.274 e. The number of carbonyl (C=O) groups excluding carboxylic acids is 1. The zero-order valence-electron chi connectivity index (χ0n) is 12.1. The normalized spacial score (nSPS) is 14.8. The summed E-state index contributed by atoms with van der Waals surface area (Å²) in [6.07, 6.45) is 6.17. The van der Waals surface area contributed by atoms with Crippen LogP contribution in [0.4, 0.5) is 11.5 Å². The second-order valence-corrected chi connectivity index (χ2v) is 5.76. The molecule has 1 aromatic heterocycles. The summed E-state index contributed by atoms with van der Waals surface area (Å²) in [7, 11) is 0. The molecule has 2 N–H and O–H groups in total. The van der Waals surface area contributed by atoms with Gasteiger partial charge in [0.15, 0.2) is 0 Å². The zero-order chi connectivity index (χ0) is 15.4. The van der Waals surface area contributed by atoms with E-state index >= 15 is 0 Å². The van der Waals surface area contributed by atoms with Gasteiger partial charge in [-0.3, -0.25) is 4.79 Å². The van der Waals surface area contributed by atoms with Crippen LogP contribution in [0.5, 0.6) is 0 Å². The Morgan fingerprint density at radius 2 is 1.95 bits per heavy atom. The molecule has 1 aliphatic rings. The lowest BCUT2D eigenvalue weighted by atomic mass is 10.2. The summed E-state index contributed by atoms with van der Waals surface area (Å²) >= 11 is 6.04. The van der Waals surface area contributed by atoms with E-state index < -0.39 is 0 Å². The molecule has 0 saturated heterocycles. The molecule has 2 aromatic rings. The van der Waals surface area contributed by atoms with Crippen LogP contribution in [-0.4, -0.2) is 21.9 Å². The molecule has 1 amide bonds. The summed E-state index contributed by atoms with van der Waals surface area (Å²) in [6, 6.07) is 9.21. The van der Waals surface area contributed by atoms with Gasteiger partial charge in [-0.05, 0) is 25.0 Å². The minimum Gasteiger partial charge on any atom is -0.367 e. The maximum absolute atomic E-state index is 12.3. The molecule has 1 heterocycles. The number of benzene rings is 1. The Bertz CT molecular complexity index is 671. The fourth-order valence-electron chi connectivity index (χ4n) is 2.59. The number of para-hydroxylation sites is 1. The molecule has 1 saturated carbocycles. The first kappa shape index (κ1) is 14.8. The van der Waals surface area contributed by atoms with Crippen molar-refractivity contribution in [3.05, 3.63) is 47.4 Å². The van der Waals surface area contributed by atoms with Crippen LogP contribution in [0.2, 0.25) is 5.02 Å². The van der Waals surface area contributed by atoms with Crippen LogP contribution in [0.1, 0.15) is 36.2 Å². The first-order valence-corrected chi connectivity index (χ1v) is 7.74. The van der Waals surface area contributed by atoms with Gasteiger partial charge in [0.05, 0.1) is 10.7 Å². The van der Waals surface area contributed by atoms with E-state index in [2.05, 4.69) is 20.6 Å². The van der Waals surface area contributed by atoms with E-state index in [9.17, 15) is 4.79 Å². The highest BCUT2D eigenvalue weighted by Crippen LogP contribution is 2.23. The van der Waals surface area contributed by atoms with Gasteiger partial charge in [-0.2, -0.15) is 0 Å². The highest BCUT2D eigenvalue weighted by atomic mass is 35.5. The first-order chi connectivity index (χ1) is 10.7. The fraction of sp³-hybridized carbons (Fsp3) is 0.312. The fourth-order valence-corrected chi connectivity index (χ4v) is 2.77. The monoisotopic (exact) mass is 316 g/mol. The summed E-state index contributed by atoms with van der Waals surface area (Å²) in [4.78, 5) is 20.5. The van der Waals surface area contributed by atoms with E-state index in [0.717, 1.165) is 12.8 Å². The number of anilines is 2. The van der Waals surface area contributed by atoms with Crippen molar-refractivity contribution >= 4 is 29.0 Å². The highest BCUT2D eigenvalue weighted by Gasteiger charge is 2.16. The van der Waals surface area contributed by atoms with Crippen molar-refractivity contribution in [1.29, 1.82) is 0 Å². The molecule has 5 nitrogen and oxygen atoms in total. The van der Waals surface area contributed by atoms with Crippen LogP contribution in [0.15, 0.2) is 36.7 Å². The second kappa shape index (κ2) is 6.75. The molecule has 1 fully saturated rings. The Morgan fingerprint density at radius 1 is 1.18 bits per heavy atom. The summed E-state index contributed by atoms with van der Waals surface area (Å²) in [5.41, 5.74) is 0.883. The summed E-state index contributed by atoms with van der Waals surface area (Å²) in [5.74, 6) is 0.385. The molecule has 0 unspecified atom stereocenters. The number of carbonyl (C=O) groups is 1. The molecule has 1 aromatic carbocycles. The number of hydrogen-bond acceptors (Lipinski definition) is 4. The Hall–Kier alpha value is -2.14. The molecule has 1 aliphatic carbocycles. The maximum Gasteiger partial charge on any atom is 0.274 e. The predicted octanol–water partition coefficient (Wildman–Crippen LogP) is 3.74. The quantitative estimate of drug-likeness (QED) is 0.901. The number of nitrogens with one attached hydrogen (secondary N) is 2. The zero-order valence-corrected chi connectivity index (χ0v) is 12.8. The van der Waals surface area contributed by atoms with E-state index in [1.165, 1.54) is 19.2 Å². The van der Waals surface area contributed by atoms with Crippen molar-refractivity contribution in [2.24, 2.45) is 0 Å². The van der Waals surface area contributed by atoms with E-state index in [0.29, 0.717) is 28.3 Å². The molecule has 6 heteroatoms. The molecule has 22 heavy (non-hydrogen) atoms. The third kappa shape index (κ3) is 3.54. The van der Waals surface area contributed by atoms with E-state index in [1.807, 2.05) is 12.1 Å². The standard InChI is InChI=1S/C16H17ClN4O/c17-12-7-3-4-8-13(12)21-16(22)14-9-15(19-10-18-14)20-11-5-1-2-6-11/h3-4,7-11H,1-2,5-6H2,(H,21,22)(H,18,19,20). The van der Waals surface area contributed by atoms with Crippen molar-refractivity contribution < 1.29 is 4.79 Å². The molecule has 114 valence electrons. The second-order valence-electron chi connectivity index (χ2n) is 5.35. The topological polar surface area (TPSA) is 66.9 Å². The van der Waals surface area contributed by atoms with Gasteiger partial charge in [0, 0.05) is 12.1 Å².